The summed E-state index contributed by atoms with van der Waals surface area (Å²) in [5.41, 5.74) is 2.44. The highest BCUT2D eigenvalue weighted by Gasteiger charge is 2.33. The molecule has 1 fully saturated rings. The molecule has 150 valence electrons. The van der Waals surface area contributed by atoms with Crippen LogP contribution in [0, 0.1) is 0 Å². The Balaban J connectivity index is 1.42. The lowest BCUT2D eigenvalue weighted by Gasteiger charge is -2.22. The molecule has 4 rings (SSSR count). The smallest absolute Gasteiger partial charge is 0.340 e. The highest BCUT2D eigenvalue weighted by Crippen LogP contribution is 2.29. The molecule has 1 aromatic heterocycles. The van der Waals surface area contributed by atoms with Crippen LogP contribution in [0.4, 0.5) is 0 Å². The molecule has 0 bridgehead atoms. The van der Waals surface area contributed by atoms with Gasteiger partial charge < -0.3 is 18.9 Å². The van der Waals surface area contributed by atoms with Crippen molar-refractivity contribution in [2.45, 2.75) is 25.4 Å². The van der Waals surface area contributed by atoms with Crippen LogP contribution in [-0.2, 0) is 23.1 Å². The van der Waals surface area contributed by atoms with Crippen molar-refractivity contribution in [3.63, 3.8) is 0 Å². The number of ether oxygens (including phenoxy) is 2. The van der Waals surface area contributed by atoms with E-state index in [9.17, 15) is 9.59 Å². The van der Waals surface area contributed by atoms with E-state index in [-0.39, 0.29) is 18.6 Å². The SMILES string of the molecule is COc1ccc(CN(C(=O)COC(=O)c2cn(C)c3ccccc23)C2CC2)cc1. The fourth-order valence-corrected chi connectivity index (χ4v) is 3.53. The van der Waals surface area contributed by atoms with Gasteiger partial charge in [0.15, 0.2) is 6.61 Å². The molecule has 0 unspecified atom stereocenters. The van der Waals surface area contributed by atoms with Crippen LogP contribution in [0.2, 0.25) is 0 Å². The molecule has 1 aliphatic carbocycles. The Labute approximate surface area is 169 Å². The largest absolute Gasteiger partial charge is 0.497 e. The van der Waals surface area contributed by atoms with Crippen LogP contribution in [0.1, 0.15) is 28.8 Å². The Morgan fingerprint density at radius 2 is 1.83 bits per heavy atom. The maximum Gasteiger partial charge on any atom is 0.340 e. The van der Waals surface area contributed by atoms with Crippen molar-refractivity contribution in [2.75, 3.05) is 13.7 Å². The quantitative estimate of drug-likeness (QED) is 0.577. The van der Waals surface area contributed by atoms with E-state index < -0.39 is 5.97 Å². The number of carbonyl (C=O) groups excluding carboxylic acids is 2. The summed E-state index contributed by atoms with van der Waals surface area (Å²) in [7, 11) is 3.51. The van der Waals surface area contributed by atoms with E-state index in [0.717, 1.165) is 35.1 Å². The van der Waals surface area contributed by atoms with Gasteiger partial charge in [0.2, 0.25) is 0 Å². The van der Waals surface area contributed by atoms with Crippen molar-refractivity contribution in [3.05, 3.63) is 65.9 Å². The summed E-state index contributed by atoms with van der Waals surface area (Å²) >= 11 is 0. The number of methoxy groups -OCH3 is 1. The normalized spacial score (nSPS) is 13.3. The minimum absolute atomic E-state index is 0.170. The molecule has 6 nitrogen and oxygen atoms in total. The van der Waals surface area contributed by atoms with Gasteiger partial charge in [0.05, 0.1) is 12.7 Å². The predicted molar refractivity (Wildman–Crippen MR) is 110 cm³/mol. The highest BCUT2D eigenvalue weighted by molar-refractivity contribution is 6.04. The molecule has 1 heterocycles. The second-order valence-corrected chi connectivity index (χ2v) is 7.35. The Hall–Kier alpha value is -3.28. The maximum absolute atomic E-state index is 12.8. The van der Waals surface area contributed by atoms with Crippen molar-refractivity contribution >= 4 is 22.8 Å². The monoisotopic (exact) mass is 392 g/mol. The number of carbonyl (C=O) groups is 2. The summed E-state index contributed by atoms with van der Waals surface area (Å²) < 4.78 is 12.4. The highest BCUT2D eigenvalue weighted by atomic mass is 16.5. The van der Waals surface area contributed by atoms with Crippen LogP contribution in [0.3, 0.4) is 0 Å². The number of aromatic nitrogens is 1. The van der Waals surface area contributed by atoms with Crippen LogP contribution in [0.15, 0.2) is 54.7 Å². The standard InChI is InChI=1S/C23H24N2O4/c1-24-14-20(19-5-3-4-6-21(19)24)23(27)29-15-22(26)25(17-9-10-17)13-16-7-11-18(28-2)12-8-16/h3-8,11-12,14,17H,9-10,13,15H2,1-2H3. The number of benzene rings is 2. The van der Waals surface area contributed by atoms with Crippen LogP contribution >= 0.6 is 0 Å². The summed E-state index contributed by atoms with van der Waals surface area (Å²) in [6.45, 7) is 0.244. The summed E-state index contributed by atoms with van der Waals surface area (Å²) in [6, 6.07) is 15.5. The Kier molecular flexibility index (Phi) is 5.25. The fourth-order valence-electron chi connectivity index (χ4n) is 3.53. The van der Waals surface area contributed by atoms with Gasteiger partial charge in [-0.25, -0.2) is 4.79 Å². The van der Waals surface area contributed by atoms with Gasteiger partial charge in [-0.05, 0) is 36.6 Å². The molecule has 1 saturated carbocycles. The van der Waals surface area contributed by atoms with Crippen LogP contribution in [-0.4, -0.2) is 41.1 Å². The molecule has 2 aromatic carbocycles. The molecule has 0 atom stereocenters. The van der Waals surface area contributed by atoms with Crippen molar-refractivity contribution in [3.8, 4) is 5.75 Å². The van der Waals surface area contributed by atoms with Gasteiger partial charge in [0.25, 0.3) is 5.91 Å². The van der Waals surface area contributed by atoms with Crippen LogP contribution < -0.4 is 4.74 Å². The molecular weight excluding hydrogens is 368 g/mol. The first kappa shape index (κ1) is 19.1. The van der Waals surface area contributed by atoms with Crippen LogP contribution in [0.25, 0.3) is 10.9 Å². The summed E-state index contributed by atoms with van der Waals surface area (Å²) in [4.78, 5) is 27.2. The second-order valence-electron chi connectivity index (χ2n) is 7.35. The first-order chi connectivity index (χ1) is 14.1. The zero-order valence-corrected chi connectivity index (χ0v) is 16.6. The predicted octanol–water partition coefficient (Wildman–Crippen LogP) is 3.53. The molecule has 1 aliphatic rings. The lowest BCUT2D eigenvalue weighted by molar-refractivity contribution is -0.135. The van der Waals surface area contributed by atoms with Crippen molar-refractivity contribution in [1.29, 1.82) is 0 Å². The third-order valence-electron chi connectivity index (χ3n) is 5.26. The number of rotatable bonds is 7. The summed E-state index contributed by atoms with van der Waals surface area (Å²) in [6.07, 6.45) is 3.71. The molecule has 0 saturated heterocycles. The van der Waals surface area contributed by atoms with Gasteiger partial charge in [0, 0.05) is 36.7 Å². The average Bonchev–Trinajstić information content (AvgIpc) is 3.54. The molecule has 3 aromatic rings. The second kappa shape index (κ2) is 7.99. The van der Waals surface area contributed by atoms with Gasteiger partial charge in [-0.3, -0.25) is 4.79 Å². The Morgan fingerprint density at radius 1 is 1.10 bits per heavy atom. The number of esters is 1. The van der Waals surface area contributed by atoms with E-state index in [4.69, 9.17) is 9.47 Å². The van der Waals surface area contributed by atoms with Gasteiger partial charge in [-0.15, -0.1) is 0 Å². The maximum atomic E-state index is 12.8. The topological polar surface area (TPSA) is 60.8 Å². The van der Waals surface area contributed by atoms with Gasteiger partial charge >= 0.3 is 5.97 Å². The summed E-state index contributed by atoms with van der Waals surface area (Å²) in [5, 5.41) is 0.824. The summed E-state index contributed by atoms with van der Waals surface area (Å²) in [5.74, 6) is 0.134. The fraction of sp³-hybridized carbons (Fsp3) is 0.304. The Bertz CT molecular complexity index is 1030. The zero-order chi connectivity index (χ0) is 20.4. The number of nitrogens with zero attached hydrogens (tertiary/aromatic N) is 2. The number of aryl methyl sites for hydroxylation is 1. The third-order valence-corrected chi connectivity index (χ3v) is 5.26. The van der Waals surface area contributed by atoms with E-state index >= 15 is 0 Å². The minimum Gasteiger partial charge on any atom is -0.497 e. The molecule has 29 heavy (non-hydrogen) atoms. The minimum atomic E-state index is -0.477. The lowest BCUT2D eigenvalue weighted by Crippen LogP contribution is -2.36. The first-order valence-corrected chi connectivity index (χ1v) is 9.70. The molecule has 0 N–H and O–H groups in total. The van der Waals surface area contributed by atoms with E-state index in [1.807, 2.05) is 60.1 Å². The molecule has 0 aliphatic heterocycles. The van der Waals surface area contributed by atoms with Gasteiger partial charge in [-0.1, -0.05) is 30.3 Å². The van der Waals surface area contributed by atoms with E-state index in [1.54, 1.807) is 18.2 Å². The van der Waals surface area contributed by atoms with E-state index in [1.165, 1.54) is 0 Å². The van der Waals surface area contributed by atoms with E-state index in [0.29, 0.717) is 12.1 Å². The molecule has 0 radical (unpaired) electrons. The van der Waals surface area contributed by atoms with Gasteiger partial charge in [-0.2, -0.15) is 0 Å². The number of para-hydroxylation sites is 1. The first-order valence-electron chi connectivity index (χ1n) is 9.70. The van der Waals surface area contributed by atoms with Crippen molar-refractivity contribution in [1.82, 2.24) is 9.47 Å². The number of amides is 1. The Morgan fingerprint density at radius 3 is 2.52 bits per heavy atom. The van der Waals surface area contributed by atoms with Crippen molar-refractivity contribution < 1.29 is 19.1 Å². The van der Waals surface area contributed by atoms with Gasteiger partial charge in [0.1, 0.15) is 5.75 Å². The lowest BCUT2D eigenvalue weighted by atomic mass is 10.2. The third kappa shape index (κ3) is 4.11. The van der Waals surface area contributed by atoms with E-state index in [2.05, 4.69) is 0 Å². The average molecular weight is 392 g/mol. The number of fused-ring (bicyclic) bond motifs is 1. The molecular formula is C23H24N2O4. The molecule has 6 heteroatoms. The zero-order valence-electron chi connectivity index (χ0n) is 16.6. The molecule has 1 amide bonds. The van der Waals surface area contributed by atoms with Crippen LogP contribution in [0.5, 0.6) is 5.75 Å². The number of hydrogen-bond acceptors (Lipinski definition) is 4. The molecule has 0 spiro atoms. The number of hydrogen-bond donors (Lipinski definition) is 0. The van der Waals surface area contributed by atoms with Crippen molar-refractivity contribution in [2.24, 2.45) is 7.05 Å².